The number of hydrogen-bond acceptors (Lipinski definition) is 3. The number of nitrogens with zero attached hydrogens (tertiary/aromatic N) is 1. The molecule has 5 heteroatoms. The SMILES string of the molecule is O=C[C@@H]1CN([C@@H]2CCCCC2CC(=O)O)C[C@@H]1c1cccc(F)c1. The zero-order valence-electron chi connectivity index (χ0n) is 13.7. The van der Waals surface area contributed by atoms with Gasteiger partial charge in [-0.05, 0) is 36.5 Å². The van der Waals surface area contributed by atoms with Crippen LogP contribution >= 0.6 is 0 Å². The van der Waals surface area contributed by atoms with E-state index in [1.165, 1.54) is 12.1 Å². The molecule has 3 rings (SSSR count). The number of rotatable bonds is 5. The summed E-state index contributed by atoms with van der Waals surface area (Å²) >= 11 is 0. The zero-order chi connectivity index (χ0) is 17.1. The van der Waals surface area contributed by atoms with Crippen molar-refractivity contribution in [2.75, 3.05) is 13.1 Å². The number of likely N-dealkylation sites (tertiary alicyclic amines) is 1. The van der Waals surface area contributed by atoms with Crippen molar-refractivity contribution in [3.8, 4) is 0 Å². The molecular formula is C19H24FNO3. The van der Waals surface area contributed by atoms with Gasteiger partial charge in [0.1, 0.15) is 12.1 Å². The van der Waals surface area contributed by atoms with Crippen molar-refractivity contribution in [1.29, 1.82) is 0 Å². The Bertz CT molecular complexity index is 606. The fraction of sp³-hybridized carbons (Fsp3) is 0.579. The van der Waals surface area contributed by atoms with Crippen LogP contribution in [0.4, 0.5) is 4.39 Å². The minimum atomic E-state index is -0.750. The maximum Gasteiger partial charge on any atom is 0.303 e. The minimum absolute atomic E-state index is 0.00870. The Morgan fingerprint density at radius 2 is 2.08 bits per heavy atom. The molecule has 1 aromatic carbocycles. The van der Waals surface area contributed by atoms with E-state index in [9.17, 15) is 14.0 Å². The summed E-state index contributed by atoms with van der Waals surface area (Å²) in [5.41, 5.74) is 0.861. The first-order valence-corrected chi connectivity index (χ1v) is 8.75. The average Bonchev–Trinajstić information content (AvgIpc) is 2.99. The molecule has 1 saturated carbocycles. The number of carboxylic acids is 1. The molecule has 0 amide bonds. The van der Waals surface area contributed by atoms with Crippen LogP contribution in [0.25, 0.3) is 0 Å². The number of aldehydes is 1. The Kier molecular flexibility index (Phi) is 5.29. The van der Waals surface area contributed by atoms with Crippen LogP contribution < -0.4 is 0 Å². The van der Waals surface area contributed by atoms with E-state index in [0.717, 1.165) is 37.5 Å². The Hall–Kier alpha value is -1.75. The third-order valence-electron chi connectivity index (χ3n) is 5.62. The maximum atomic E-state index is 13.5. The first kappa shape index (κ1) is 17.1. The van der Waals surface area contributed by atoms with Crippen molar-refractivity contribution >= 4 is 12.3 Å². The van der Waals surface area contributed by atoms with E-state index < -0.39 is 5.97 Å². The lowest BCUT2D eigenvalue weighted by atomic mass is 9.81. The first-order valence-electron chi connectivity index (χ1n) is 8.75. The monoisotopic (exact) mass is 333 g/mol. The summed E-state index contributed by atoms with van der Waals surface area (Å²) < 4.78 is 13.5. The van der Waals surface area contributed by atoms with Gasteiger partial charge in [0.05, 0.1) is 0 Å². The molecule has 1 aromatic rings. The number of carbonyl (C=O) groups excluding carboxylic acids is 1. The third kappa shape index (κ3) is 3.66. The van der Waals surface area contributed by atoms with Crippen molar-refractivity contribution in [3.05, 3.63) is 35.6 Å². The van der Waals surface area contributed by atoms with Gasteiger partial charge in [0, 0.05) is 37.4 Å². The molecule has 24 heavy (non-hydrogen) atoms. The lowest BCUT2D eigenvalue weighted by Gasteiger charge is -2.37. The van der Waals surface area contributed by atoms with Gasteiger partial charge in [0.25, 0.3) is 0 Å². The lowest BCUT2D eigenvalue weighted by Crippen LogP contribution is -2.42. The quantitative estimate of drug-likeness (QED) is 0.842. The van der Waals surface area contributed by atoms with Crippen LogP contribution in [0, 0.1) is 17.7 Å². The van der Waals surface area contributed by atoms with Gasteiger partial charge >= 0.3 is 5.97 Å². The van der Waals surface area contributed by atoms with Gasteiger partial charge in [0.2, 0.25) is 0 Å². The molecular weight excluding hydrogens is 309 g/mol. The summed E-state index contributed by atoms with van der Waals surface area (Å²) in [7, 11) is 0. The summed E-state index contributed by atoms with van der Waals surface area (Å²) in [4.78, 5) is 25.0. The van der Waals surface area contributed by atoms with Gasteiger partial charge in [-0.15, -0.1) is 0 Å². The van der Waals surface area contributed by atoms with E-state index >= 15 is 0 Å². The van der Waals surface area contributed by atoms with Crippen LogP contribution in [0.3, 0.4) is 0 Å². The minimum Gasteiger partial charge on any atom is -0.481 e. The van der Waals surface area contributed by atoms with E-state index in [1.54, 1.807) is 6.07 Å². The van der Waals surface area contributed by atoms with Crippen molar-refractivity contribution in [2.45, 2.75) is 44.1 Å². The van der Waals surface area contributed by atoms with Gasteiger partial charge in [-0.1, -0.05) is 25.0 Å². The number of hydrogen-bond donors (Lipinski definition) is 1. The van der Waals surface area contributed by atoms with Gasteiger partial charge < -0.3 is 9.90 Å². The van der Waals surface area contributed by atoms with E-state index in [-0.39, 0.29) is 36.0 Å². The highest BCUT2D eigenvalue weighted by molar-refractivity contribution is 5.67. The smallest absolute Gasteiger partial charge is 0.303 e. The largest absolute Gasteiger partial charge is 0.481 e. The van der Waals surface area contributed by atoms with E-state index in [4.69, 9.17) is 5.11 Å². The van der Waals surface area contributed by atoms with Crippen LogP contribution in [0.5, 0.6) is 0 Å². The fourth-order valence-corrected chi connectivity index (χ4v) is 4.49. The van der Waals surface area contributed by atoms with Crippen molar-refractivity contribution in [3.63, 3.8) is 0 Å². The summed E-state index contributed by atoms with van der Waals surface area (Å²) in [5.74, 6) is -1.05. The van der Waals surface area contributed by atoms with Crippen LogP contribution in [0.1, 0.15) is 43.6 Å². The van der Waals surface area contributed by atoms with Crippen molar-refractivity contribution in [2.24, 2.45) is 11.8 Å². The first-order chi connectivity index (χ1) is 11.6. The molecule has 0 radical (unpaired) electrons. The summed E-state index contributed by atoms with van der Waals surface area (Å²) in [6, 6.07) is 6.71. The highest BCUT2D eigenvalue weighted by atomic mass is 19.1. The molecule has 0 bridgehead atoms. The van der Waals surface area contributed by atoms with Crippen LogP contribution in [0.15, 0.2) is 24.3 Å². The summed E-state index contributed by atoms with van der Waals surface area (Å²) in [5, 5.41) is 9.17. The predicted molar refractivity (Wildman–Crippen MR) is 88.3 cm³/mol. The van der Waals surface area contributed by atoms with Crippen molar-refractivity contribution in [1.82, 2.24) is 4.90 Å². The molecule has 1 saturated heterocycles. The number of carbonyl (C=O) groups is 2. The highest BCUT2D eigenvalue weighted by Gasteiger charge is 2.40. The fourth-order valence-electron chi connectivity index (χ4n) is 4.49. The van der Waals surface area contributed by atoms with E-state index in [1.807, 2.05) is 6.07 Å². The zero-order valence-corrected chi connectivity index (χ0v) is 13.7. The molecule has 1 unspecified atom stereocenters. The summed E-state index contributed by atoms with van der Waals surface area (Å²) in [6.45, 7) is 1.35. The number of aliphatic carboxylic acids is 1. The van der Waals surface area contributed by atoms with E-state index in [2.05, 4.69) is 4.90 Å². The molecule has 2 aliphatic rings. The molecule has 1 heterocycles. The Balaban J connectivity index is 1.77. The Morgan fingerprint density at radius 1 is 1.29 bits per heavy atom. The normalized spacial score (nSPS) is 31.0. The van der Waals surface area contributed by atoms with Gasteiger partial charge in [0.15, 0.2) is 0 Å². The molecule has 4 nitrogen and oxygen atoms in total. The molecule has 1 N–H and O–H groups in total. The lowest BCUT2D eigenvalue weighted by molar-refractivity contribution is -0.139. The van der Waals surface area contributed by atoms with Gasteiger partial charge in [-0.25, -0.2) is 4.39 Å². The molecule has 0 spiro atoms. The predicted octanol–water partition coefficient (Wildman–Crippen LogP) is 3.07. The van der Waals surface area contributed by atoms with Crippen LogP contribution in [-0.4, -0.2) is 41.4 Å². The van der Waals surface area contributed by atoms with Gasteiger partial charge in [-0.3, -0.25) is 9.69 Å². The number of halogens is 1. The topological polar surface area (TPSA) is 57.6 Å². The molecule has 2 fully saturated rings. The Morgan fingerprint density at radius 3 is 2.79 bits per heavy atom. The third-order valence-corrected chi connectivity index (χ3v) is 5.62. The van der Waals surface area contributed by atoms with E-state index in [0.29, 0.717) is 13.1 Å². The number of carboxylic acid groups (broad SMARTS) is 1. The maximum absolute atomic E-state index is 13.5. The van der Waals surface area contributed by atoms with Gasteiger partial charge in [-0.2, -0.15) is 0 Å². The molecule has 0 aromatic heterocycles. The van der Waals surface area contributed by atoms with Crippen molar-refractivity contribution < 1.29 is 19.1 Å². The molecule has 4 atom stereocenters. The van der Waals surface area contributed by atoms with Crippen LogP contribution in [0.2, 0.25) is 0 Å². The summed E-state index contributed by atoms with van der Waals surface area (Å²) in [6.07, 6.45) is 5.27. The second-order valence-electron chi connectivity index (χ2n) is 7.13. The number of benzene rings is 1. The second-order valence-corrected chi connectivity index (χ2v) is 7.13. The molecule has 130 valence electrons. The molecule has 1 aliphatic heterocycles. The Labute approximate surface area is 141 Å². The highest BCUT2D eigenvalue weighted by Crippen LogP contribution is 2.38. The standard InChI is InChI=1S/C19H24FNO3/c20-16-6-3-5-13(8-16)17-11-21(10-15(17)12-22)18-7-2-1-4-14(18)9-19(23)24/h3,5-6,8,12,14-15,17-18H,1-2,4,7,9-11H2,(H,23,24)/t14?,15-,17+,18+/m0/s1. The second kappa shape index (κ2) is 7.43. The van der Waals surface area contributed by atoms with Crippen LogP contribution in [-0.2, 0) is 9.59 Å². The molecule has 1 aliphatic carbocycles. The average molecular weight is 333 g/mol.